The Hall–Kier alpha value is -0.580. The zero-order chi connectivity index (χ0) is 13.2. The van der Waals surface area contributed by atoms with E-state index in [1.807, 2.05) is 18.8 Å². The molecular weight excluding hydrogens is 236 g/mol. The molecule has 0 aromatic carbocycles. The Kier molecular flexibility index (Phi) is 4.58. The second-order valence-electron chi connectivity index (χ2n) is 4.83. The van der Waals surface area contributed by atoms with Gasteiger partial charge in [-0.25, -0.2) is 0 Å². The van der Waals surface area contributed by atoms with Gasteiger partial charge in [0.05, 0.1) is 23.0 Å². The number of hydrogen-bond acceptors (Lipinski definition) is 3. The summed E-state index contributed by atoms with van der Waals surface area (Å²) in [5.74, 6) is 0. The number of hydrogen-bond donors (Lipinski definition) is 1. The first kappa shape index (κ1) is 14.5. The van der Waals surface area contributed by atoms with Gasteiger partial charge in [-0.05, 0) is 34.5 Å². The standard InChI is InChI=1S/C12H23ClN4/c1-7-12(2,16(4)5)11(14-3)10-9(13)8-15-17(10)6/h8,11,14H,7H2,1-6H3. The summed E-state index contributed by atoms with van der Waals surface area (Å²) < 4.78 is 1.85. The zero-order valence-corrected chi connectivity index (χ0v) is 12.3. The summed E-state index contributed by atoms with van der Waals surface area (Å²) in [6.07, 6.45) is 2.72. The van der Waals surface area contributed by atoms with Crippen LogP contribution >= 0.6 is 11.6 Å². The number of nitrogens with zero attached hydrogens (tertiary/aromatic N) is 3. The molecule has 1 N–H and O–H groups in total. The maximum atomic E-state index is 6.24. The number of aryl methyl sites for hydroxylation is 1. The molecule has 5 heteroatoms. The first-order valence-electron chi connectivity index (χ1n) is 5.90. The molecule has 98 valence electrons. The van der Waals surface area contributed by atoms with Crippen LogP contribution in [-0.2, 0) is 7.05 Å². The van der Waals surface area contributed by atoms with Crippen molar-refractivity contribution >= 4 is 11.6 Å². The highest BCUT2D eigenvalue weighted by Crippen LogP contribution is 2.35. The molecule has 0 fully saturated rings. The third kappa shape index (κ3) is 2.49. The lowest BCUT2D eigenvalue weighted by Gasteiger charge is -2.42. The second-order valence-corrected chi connectivity index (χ2v) is 5.24. The van der Waals surface area contributed by atoms with Crippen LogP contribution in [0, 0.1) is 0 Å². The second kappa shape index (κ2) is 5.38. The fourth-order valence-corrected chi connectivity index (χ4v) is 2.54. The molecular formula is C12H23ClN4. The molecule has 0 bridgehead atoms. The van der Waals surface area contributed by atoms with Crippen LogP contribution in [0.2, 0.25) is 5.02 Å². The van der Waals surface area contributed by atoms with E-state index in [0.717, 1.165) is 12.1 Å². The van der Waals surface area contributed by atoms with E-state index in [-0.39, 0.29) is 11.6 Å². The van der Waals surface area contributed by atoms with E-state index in [2.05, 4.69) is 43.3 Å². The highest BCUT2D eigenvalue weighted by molar-refractivity contribution is 6.31. The molecule has 0 saturated heterocycles. The lowest BCUT2D eigenvalue weighted by Crippen LogP contribution is -2.51. The smallest absolute Gasteiger partial charge is 0.0834 e. The van der Waals surface area contributed by atoms with Gasteiger partial charge >= 0.3 is 0 Å². The maximum Gasteiger partial charge on any atom is 0.0834 e. The molecule has 0 amide bonds. The highest BCUT2D eigenvalue weighted by Gasteiger charge is 2.37. The summed E-state index contributed by atoms with van der Waals surface area (Å²) in [4.78, 5) is 2.23. The largest absolute Gasteiger partial charge is 0.310 e. The van der Waals surface area contributed by atoms with Crippen molar-refractivity contribution in [3.63, 3.8) is 0 Å². The van der Waals surface area contributed by atoms with Gasteiger partial charge in [-0.2, -0.15) is 5.10 Å². The molecule has 0 aliphatic carbocycles. The Morgan fingerprint density at radius 2 is 2.18 bits per heavy atom. The SMILES string of the molecule is CCC(C)(C(NC)c1c(Cl)cnn1C)N(C)C. The lowest BCUT2D eigenvalue weighted by atomic mass is 9.86. The monoisotopic (exact) mass is 258 g/mol. The van der Waals surface area contributed by atoms with Gasteiger partial charge in [-0.1, -0.05) is 18.5 Å². The summed E-state index contributed by atoms with van der Waals surface area (Å²) >= 11 is 6.24. The van der Waals surface area contributed by atoms with Gasteiger partial charge in [0.1, 0.15) is 0 Å². The molecule has 1 heterocycles. The third-order valence-corrected chi connectivity index (χ3v) is 4.15. The van der Waals surface area contributed by atoms with Crippen LogP contribution in [0.15, 0.2) is 6.20 Å². The fourth-order valence-electron chi connectivity index (χ4n) is 2.27. The van der Waals surface area contributed by atoms with Gasteiger partial charge in [-0.15, -0.1) is 0 Å². The topological polar surface area (TPSA) is 33.1 Å². The van der Waals surface area contributed by atoms with E-state index < -0.39 is 0 Å². The number of nitrogens with one attached hydrogen (secondary N) is 1. The molecule has 0 spiro atoms. The Labute approximate surface area is 109 Å². The molecule has 0 saturated carbocycles. The van der Waals surface area contributed by atoms with Gasteiger partial charge in [0, 0.05) is 12.6 Å². The van der Waals surface area contributed by atoms with Crippen LogP contribution in [-0.4, -0.2) is 41.4 Å². The first-order chi connectivity index (χ1) is 7.88. The molecule has 0 aliphatic heterocycles. The molecule has 1 aromatic rings. The van der Waals surface area contributed by atoms with E-state index in [9.17, 15) is 0 Å². The number of aromatic nitrogens is 2. The molecule has 2 atom stereocenters. The Morgan fingerprint density at radius 3 is 2.47 bits per heavy atom. The Morgan fingerprint density at radius 1 is 1.59 bits per heavy atom. The van der Waals surface area contributed by atoms with Crippen LogP contribution in [0.1, 0.15) is 32.0 Å². The van der Waals surface area contributed by atoms with Gasteiger partial charge in [-0.3, -0.25) is 4.68 Å². The quantitative estimate of drug-likeness (QED) is 0.878. The van der Waals surface area contributed by atoms with Crippen molar-refractivity contribution in [2.75, 3.05) is 21.1 Å². The predicted octanol–water partition coefficient (Wildman–Crippen LogP) is 2.06. The van der Waals surface area contributed by atoms with Crippen LogP contribution in [0.5, 0.6) is 0 Å². The van der Waals surface area contributed by atoms with E-state index in [1.54, 1.807) is 6.20 Å². The number of likely N-dealkylation sites (N-methyl/N-ethyl adjacent to an activating group) is 2. The van der Waals surface area contributed by atoms with Crippen molar-refractivity contribution in [2.24, 2.45) is 7.05 Å². The molecule has 2 unspecified atom stereocenters. The minimum Gasteiger partial charge on any atom is -0.310 e. The van der Waals surface area contributed by atoms with Crippen LogP contribution in [0.4, 0.5) is 0 Å². The van der Waals surface area contributed by atoms with Gasteiger partial charge in [0.25, 0.3) is 0 Å². The molecule has 0 radical (unpaired) electrons. The van der Waals surface area contributed by atoms with Crippen molar-refractivity contribution in [1.82, 2.24) is 20.0 Å². The van der Waals surface area contributed by atoms with Crippen molar-refractivity contribution in [1.29, 1.82) is 0 Å². The molecule has 17 heavy (non-hydrogen) atoms. The van der Waals surface area contributed by atoms with E-state index >= 15 is 0 Å². The third-order valence-electron chi connectivity index (χ3n) is 3.86. The van der Waals surface area contributed by atoms with Crippen molar-refractivity contribution in [3.05, 3.63) is 16.9 Å². The average molecular weight is 259 g/mol. The summed E-state index contributed by atoms with van der Waals surface area (Å²) in [7, 11) is 8.08. The summed E-state index contributed by atoms with van der Waals surface area (Å²) in [5.41, 5.74) is 1.03. The Bertz CT molecular complexity index is 355. The minimum absolute atomic E-state index is 0.00775. The summed E-state index contributed by atoms with van der Waals surface area (Å²) in [6.45, 7) is 4.42. The fraction of sp³-hybridized carbons (Fsp3) is 0.750. The number of rotatable bonds is 5. The first-order valence-corrected chi connectivity index (χ1v) is 6.28. The van der Waals surface area contributed by atoms with Gasteiger partial charge in [0.15, 0.2) is 0 Å². The van der Waals surface area contributed by atoms with Gasteiger partial charge in [0.2, 0.25) is 0 Å². The summed E-state index contributed by atoms with van der Waals surface area (Å²) in [6, 6.07) is 0.141. The minimum atomic E-state index is -0.00775. The van der Waals surface area contributed by atoms with E-state index in [0.29, 0.717) is 5.02 Å². The van der Waals surface area contributed by atoms with Crippen molar-refractivity contribution in [3.8, 4) is 0 Å². The Balaban J connectivity index is 3.24. The molecule has 1 aromatic heterocycles. The average Bonchev–Trinajstić information content (AvgIpc) is 2.61. The van der Waals surface area contributed by atoms with E-state index in [4.69, 9.17) is 11.6 Å². The lowest BCUT2D eigenvalue weighted by molar-refractivity contribution is 0.113. The number of halogens is 1. The van der Waals surface area contributed by atoms with Crippen LogP contribution in [0.25, 0.3) is 0 Å². The molecule has 1 rings (SSSR count). The van der Waals surface area contributed by atoms with Crippen molar-refractivity contribution in [2.45, 2.75) is 31.8 Å². The molecule has 0 aliphatic rings. The van der Waals surface area contributed by atoms with Crippen molar-refractivity contribution < 1.29 is 0 Å². The zero-order valence-electron chi connectivity index (χ0n) is 11.6. The summed E-state index contributed by atoms with van der Waals surface area (Å²) in [5, 5.41) is 8.31. The van der Waals surface area contributed by atoms with E-state index in [1.165, 1.54) is 0 Å². The molecule has 4 nitrogen and oxygen atoms in total. The maximum absolute atomic E-state index is 6.24. The van der Waals surface area contributed by atoms with Crippen LogP contribution in [0.3, 0.4) is 0 Å². The predicted molar refractivity (Wildman–Crippen MR) is 72.4 cm³/mol. The van der Waals surface area contributed by atoms with Gasteiger partial charge < -0.3 is 10.2 Å². The van der Waals surface area contributed by atoms with Crippen LogP contribution < -0.4 is 5.32 Å². The normalized spacial score (nSPS) is 17.2. The highest BCUT2D eigenvalue weighted by atomic mass is 35.5.